The molecule has 1 atom stereocenters. The normalized spacial score (nSPS) is 19.4. The standard InChI is InChI=1S/C12H17F2N3O2/c1-7-10(8(2)16-15-7)5-11(18)17-4-3-9(6-17)19-12(13)14/h9,12H,3-6H2,1-2H3,(H,15,16)/t9-/m0/s1. The fourth-order valence-corrected chi connectivity index (χ4v) is 2.31. The summed E-state index contributed by atoms with van der Waals surface area (Å²) in [7, 11) is 0. The molecule has 0 radical (unpaired) electrons. The lowest BCUT2D eigenvalue weighted by molar-refractivity contribution is -0.160. The largest absolute Gasteiger partial charge is 0.345 e. The number of nitrogens with one attached hydrogen (secondary N) is 1. The summed E-state index contributed by atoms with van der Waals surface area (Å²) in [6.45, 7) is 1.61. The molecule has 5 nitrogen and oxygen atoms in total. The number of aromatic nitrogens is 2. The van der Waals surface area contributed by atoms with Gasteiger partial charge in [0.2, 0.25) is 5.91 Å². The molecular weight excluding hydrogens is 256 g/mol. The van der Waals surface area contributed by atoms with Crippen LogP contribution in [0.1, 0.15) is 23.4 Å². The third-order valence-corrected chi connectivity index (χ3v) is 3.40. The zero-order valence-corrected chi connectivity index (χ0v) is 10.9. The Hall–Kier alpha value is -1.50. The molecule has 0 unspecified atom stereocenters. The summed E-state index contributed by atoms with van der Waals surface area (Å²) < 4.78 is 28.6. The maximum absolute atomic E-state index is 12.1. The van der Waals surface area contributed by atoms with Crippen LogP contribution in [0.4, 0.5) is 8.78 Å². The minimum absolute atomic E-state index is 0.0760. The van der Waals surface area contributed by atoms with E-state index in [1.54, 1.807) is 4.90 Å². The fraction of sp³-hybridized carbons (Fsp3) is 0.667. The molecule has 1 aliphatic rings. The van der Waals surface area contributed by atoms with Gasteiger partial charge in [0.15, 0.2) is 0 Å². The summed E-state index contributed by atoms with van der Waals surface area (Å²) in [4.78, 5) is 13.7. The Balaban J connectivity index is 1.91. The van der Waals surface area contributed by atoms with Crippen molar-refractivity contribution >= 4 is 5.91 Å². The lowest BCUT2D eigenvalue weighted by atomic mass is 10.1. The number of rotatable bonds is 4. The number of likely N-dealkylation sites (tertiary alicyclic amines) is 1. The Kier molecular flexibility index (Phi) is 4.14. The Morgan fingerprint density at radius 1 is 1.58 bits per heavy atom. The molecule has 0 aromatic carbocycles. The number of hydrogen-bond acceptors (Lipinski definition) is 3. The van der Waals surface area contributed by atoms with Gasteiger partial charge < -0.3 is 9.64 Å². The lowest BCUT2D eigenvalue weighted by Gasteiger charge is -2.16. The van der Waals surface area contributed by atoms with Crippen LogP contribution in [-0.2, 0) is 16.0 Å². The Labute approximate surface area is 109 Å². The molecule has 1 N–H and O–H groups in total. The molecule has 1 aliphatic heterocycles. The number of amides is 1. The molecule has 1 fully saturated rings. The van der Waals surface area contributed by atoms with E-state index in [1.807, 2.05) is 13.8 Å². The molecule has 106 valence electrons. The molecule has 0 spiro atoms. The molecule has 1 amide bonds. The Morgan fingerprint density at radius 2 is 2.32 bits per heavy atom. The maximum atomic E-state index is 12.1. The van der Waals surface area contributed by atoms with Gasteiger partial charge in [-0.2, -0.15) is 13.9 Å². The van der Waals surface area contributed by atoms with Gasteiger partial charge in [0.25, 0.3) is 0 Å². The molecule has 0 bridgehead atoms. The van der Waals surface area contributed by atoms with E-state index in [0.29, 0.717) is 13.0 Å². The van der Waals surface area contributed by atoms with Gasteiger partial charge in [0.1, 0.15) is 0 Å². The van der Waals surface area contributed by atoms with Crippen molar-refractivity contribution < 1.29 is 18.3 Å². The summed E-state index contributed by atoms with van der Waals surface area (Å²) in [5.41, 5.74) is 2.54. The van der Waals surface area contributed by atoms with E-state index in [-0.39, 0.29) is 18.9 Å². The lowest BCUT2D eigenvalue weighted by Crippen LogP contribution is -2.32. The number of carbonyl (C=O) groups excluding carboxylic acids is 1. The minimum atomic E-state index is -2.78. The van der Waals surface area contributed by atoms with Gasteiger partial charge in [-0.3, -0.25) is 9.89 Å². The number of carbonyl (C=O) groups is 1. The van der Waals surface area contributed by atoms with Gasteiger partial charge >= 0.3 is 6.61 Å². The highest BCUT2D eigenvalue weighted by Gasteiger charge is 2.29. The molecule has 1 aromatic heterocycles. The van der Waals surface area contributed by atoms with E-state index in [4.69, 9.17) is 0 Å². The molecule has 0 aliphatic carbocycles. The van der Waals surface area contributed by atoms with E-state index in [2.05, 4.69) is 14.9 Å². The number of halogens is 2. The van der Waals surface area contributed by atoms with Crippen LogP contribution in [0.25, 0.3) is 0 Å². The number of alkyl halides is 2. The van der Waals surface area contributed by atoms with Crippen molar-refractivity contribution in [1.82, 2.24) is 15.1 Å². The van der Waals surface area contributed by atoms with Gasteiger partial charge in [-0.15, -0.1) is 0 Å². The highest BCUT2D eigenvalue weighted by atomic mass is 19.3. The predicted molar refractivity (Wildman–Crippen MR) is 63.8 cm³/mol. The van der Waals surface area contributed by atoms with Crippen molar-refractivity contribution in [1.29, 1.82) is 0 Å². The first-order valence-corrected chi connectivity index (χ1v) is 6.19. The molecular formula is C12H17F2N3O2. The van der Waals surface area contributed by atoms with Gasteiger partial charge in [0.05, 0.1) is 18.2 Å². The Morgan fingerprint density at radius 3 is 2.89 bits per heavy atom. The van der Waals surface area contributed by atoms with Crippen molar-refractivity contribution in [3.63, 3.8) is 0 Å². The molecule has 0 saturated carbocycles. The quantitative estimate of drug-likeness (QED) is 0.902. The van der Waals surface area contributed by atoms with Crippen molar-refractivity contribution in [2.24, 2.45) is 0 Å². The number of ether oxygens (including phenoxy) is 1. The predicted octanol–water partition coefficient (Wildman–Crippen LogP) is 1.41. The van der Waals surface area contributed by atoms with Crippen LogP contribution in [0, 0.1) is 13.8 Å². The highest BCUT2D eigenvalue weighted by Crippen LogP contribution is 2.18. The van der Waals surface area contributed by atoms with Crippen molar-refractivity contribution in [2.75, 3.05) is 13.1 Å². The summed E-state index contributed by atoms with van der Waals surface area (Å²) in [5, 5.41) is 6.85. The molecule has 2 heterocycles. The second-order valence-corrected chi connectivity index (χ2v) is 4.74. The van der Waals surface area contributed by atoms with Gasteiger partial charge in [-0.25, -0.2) is 0 Å². The first kappa shape index (κ1) is 13.9. The van der Waals surface area contributed by atoms with Crippen LogP contribution < -0.4 is 0 Å². The molecule has 2 rings (SSSR count). The second-order valence-electron chi connectivity index (χ2n) is 4.74. The monoisotopic (exact) mass is 273 g/mol. The molecule has 1 saturated heterocycles. The number of H-pyrrole nitrogens is 1. The number of aromatic amines is 1. The Bertz CT molecular complexity index is 442. The van der Waals surface area contributed by atoms with Crippen LogP contribution >= 0.6 is 0 Å². The van der Waals surface area contributed by atoms with Gasteiger partial charge in [-0.05, 0) is 20.3 Å². The second kappa shape index (κ2) is 5.64. The van der Waals surface area contributed by atoms with Crippen LogP contribution in [0.5, 0.6) is 0 Å². The zero-order valence-electron chi connectivity index (χ0n) is 10.9. The molecule has 1 aromatic rings. The van der Waals surface area contributed by atoms with Gasteiger partial charge in [0, 0.05) is 24.3 Å². The van der Waals surface area contributed by atoms with Crippen LogP contribution in [-0.4, -0.2) is 46.8 Å². The average molecular weight is 273 g/mol. The zero-order chi connectivity index (χ0) is 14.0. The van der Waals surface area contributed by atoms with E-state index in [1.165, 1.54) is 0 Å². The number of nitrogens with zero attached hydrogens (tertiary/aromatic N) is 2. The fourth-order valence-electron chi connectivity index (χ4n) is 2.31. The highest BCUT2D eigenvalue weighted by molar-refractivity contribution is 5.79. The van der Waals surface area contributed by atoms with Crippen LogP contribution in [0.2, 0.25) is 0 Å². The summed E-state index contributed by atoms with van der Waals surface area (Å²) in [5.74, 6) is -0.0760. The molecule has 19 heavy (non-hydrogen) atoms. The van der Waals surface area contributed by atoms with Crippen molar-refractivity contribution in [3.05, 3.63) is 17.0 Å². The van der Waals surface area contributed by atoms with E-state index in [0.717, 1.165) is 17.0 Å². The maximum Gasteiger partial charge on any atom is 0.345 e. The summed E-state index contributed by atoms with van der Waals surface area (Å²) >= 11 is 0. The van der Waals surface area contributed by atoms with E-state index in [9.17, 15) is 13.6 Å². The summed E-state index contributed by atoms with van der Waals surface area (Å²) in [6.07, 6.45) is 0.144. The van der Waals surface area contributed by atoms with Gasteiger partial charge in [-0.1, -0.05) is 0 Å². The first-order chi connectivity index (χ1) is 8.97. The van der Waals surface area contributed by atoms with Crippen molar-refractivity contribution in [2.45, 2.75) is 39.4 Å². The van der Waals surface area contributed by atoms with E-state index < -0.39 is 12.7 Å². The summed E-state index contributed by atoms with van der Waals surface area (Å²) in [6, 6.07) is 0. The van der Waals surface area contributed by atoms with Crippen molar-refractivity contribution in [3.8, 4) is 0 Å². The first-order valence-electron chi connectivity index (χ1n) is 6.19. The third kappa shape index (κ3) is 3.28. The number of aryl methyl sites for hydroxylation is 2. The average Bonchev–Trinajstić information content (AvgIpc) is 2.90. The SMILES string of the molecule is Cc1n[nH]c(C)c1CC(=O)N1CC[C@H](OC(F)F)C1. The smallest absolute Gasteiger partial charge is 0.340 e. The topological polar surface area (TPSA) is 58.2 Å². The molecule has 7 heteroatoms. The van der Waals surface area contributed by atoms with E-state index >= 15 is 0 Å². The number of hydrogen-bond donors (Lipinski definition) is 1. The van der Waals surface area contributed by atoms with Crippen LogP contribution in [0.3, 0.4) is 0 Å². The third-order valence-electron chi connectivity index (χ3n) is 3.40. The minimum Gasteiger partial charge on any atom is -0.340 e. The van der Waals surface area contributed by atoms with Crippen LogP contribution in [0.15, 0.2) is 0 Å².